The zero-order valence-electron chi connectivity index (χ0n) is 11.2. The lowest BCUT2D eigenvalue weighted by molar-refractivity contribution is 0.0265. The second kappa shape index (κ2) is 6.68. The van der Waals surface area contributed by atoms with Gasteiger partial charge in [-0.2, -0.15) is 5.12 Å². The Kier molecular flexibility index (Phi) is 5.16. The van der Waals surface area contributed by atoms with Crippen LogP contribution >= 0.6 is 19.1 Å². The average Bonchev–Trinajstić information content (AvgIpc) is 2.46. The van der Waals surface area contributed by atoms with Gasteiger partial charge in [-0.1, -0.05) is 17.7 Å². The summed E-state index contributed by atoms with van der Waals surface area (Å²) in [7, 11) is -3.29. The van der Waals surface area contributed by atoms with Crippen molar-refractivity contribution in [1.29, 1.82) is 0 Å². The molecule has 1 saturated heterocycles. The summed E-state index contributed by atoms with van der Waals surface area (Å²) < 4.78 is 20.1. The maximum Gasteiger partial charge on any atom is 0.321 e. The number of hydrogen-bond donors (Lipinski definition) is 0. The number of hydrogen-bond acceptors (Lipinski definition) is 4. The quantitative estimate of drug-likeness (QED) is 0.361. The molecule has 0 bridgehead atoms. The van der Waals surface area contributed by atoms with Gasteiger partial charge in [-0.05, 0) is 25.5 Å². The highest BCUT2D eigenvalue weighted by Gasteiger charge is 2.40. The van der Waals surface area contributed by atoms with Crippen LogP contribution in [-0.4, -0.2) is 35.5 Å². The van der Waals surface area contributed by atoms with Crippen molar-refractivity contribution < 1.29 is 9.09 Å². The molecule has 1 atom stereocenters. The van der Waals surface area contributed by atoms with Crippen LogP contribution in [0.15, 0.2) is 29.6 Å². The molecule has 1 unspecified atom stereocenters. The fraction of sp³-hybridized carbons (Fsp3) is 0.500. The molecular weight excluding hydrogens is 301 g/mol. The molecule has 1 aromatic carbocycles. The number of alkyl halides is 1. The number of halogens is 1. The van der Waals surface area contributed by atoms with E-state index in [2.05, 4.69) is 5.29 Å². The van der Waals surface area contributed by atoms with Gasteiger partial charge < -0.3 is 4.52 Å². The molecule has 8 heteroatoms. The molecule has 0 aliphatic carbocycles. The summed E-state index contributed by atoms with van der Waals surface area (Å²) in [5, 5.41) is 4.58. The number of hydrazine groups is 1. The zero-order valence-corrected chi connectivity index (χ0v) is 12.9. The van der Waals surface area contributed by atoms with E-state index in [4.69, 9.17) is 16.1 Å². The smallest absolute Gasteiger partial charge is 0.313 e. The molecule has 1 aromatic rings. The van der Waals surface area contributed by atoms with Gasteiger partial charge in [0, 0.05) is 12.4 Å². The Balaban J connectivity index is 2.35. The molecule has 1 fully saturated rings. The lowest BCUT2D eigenvalue weighted by atomic mass is 10.2. The van der Waals surface area contributed by atoms with Crippen molar-refractivity contribution in [3.8, 4) is 0 Å². The standard InChI is InChI=1S/C12H17ClN3O3P/c1-11-3-5-12(6-4-11)20(18)16(8-2-10-19-20)15(14-17)9-7-13/h3-6H,2,7-10H2,1H3. The molecular formula is C12H17ClN3O3P. The van der Waals surface area contributed by atoms with Crippen LogP contribution in [0.25, 0.3) is 0 Å². The average molecular weight is 318 g/mol. The first kappa shape index (κ1) is 15.4. The van der Waals surface area contributed by atoms with Gasteiger partial charge in [-0.15, -0.1) is 21.3 Å². The van der Waals surface area contributed by atoms with E-state index in [-0.39, 0.29) is 12.4 Å². The Morgan fingerprint density at radius 2 is 2.15 bits per heavy atom. The molecule has 20 heavy (non-hydrogen) atoms. The number of benzene rings is 1. The van der Waals surface area contributed by atoms with E-state index in [1.54, 1.807) is 12.1 Å². The van der Waals surface area contributed by atoms with Gasteiger partial charge in [-0.25, -0.2) is 0 Å². The first-order chi connectivity index (χ1) is 9.61. The van der Waals surface area contributed by atoms with Crippen LogP contribution in [0.1, 0.15) is 12.0 Å². The van der Waals surface area contributed by atoms with Crippen molar-refractivity contribution in [2.24, 2.45) is 5.29 Å². The Labute approximate surface area is 123 Å². The van der Waals surface area contributed by atoms with Crippen molar-refractivity contribution >= 4 is 24.4 Å². The van der Waals surface area contributed by atoms with E-state index >= 15 is 0 Å². The predicted molar refractivity (Wildman–Crippen MR) is 78.9 cm³/mol. The highest BCUT2D eigenvalue weighted by atomic mass is 35.5. The first-order valence-electron chi connectivity index (χ1n) is 6.38. The van der Waals surface area contributed by atoms with E-state index in [9.17, 15) is 9.47 Å². The fourth-order valence-electron chi connectivity index (χ4n) is 2.06. The van der Waals surface area contributed by atoms with Crippen molar-refractivity contribution in [2.75, 3.05) is 25.6 Å². The Hall–Kier alpha value is -0.940. The highest BCUT2D eigenvalue weighted by molar-refractivity contribution is 7.64. The lowest BCUT2D eigenvalue weighted by Gasteiger charge is -2.38. The second-order valence-electron chi connectivity index (χ2n) is 4.51. The third-order valence-electron chi connectivity index (χ3n) is 3.08. The highest BCUT2D eigenvalue weighted by Crippen LogP contribution is 2.52. The Morgan fingerprint density at radius 1 is 1.45 bits per heavy atom. The van der Waals surface area contributed by atoms with Crippen LogP contribution < -0.4 is 5.30 Å². The normalized spacial score (nSPS) is 23.5. The maximum absolute atomic E-state index is 13.2. The van der Waals surface area contributed by atoms with Gasteiger partial charge in [0.05, 0.1) is 23.7 Å². The summed E-state index contributed by atoms with van der Waals surface area (Å²) >= 11 is 5.66. The van der Waals surface area contributed by atoms with E-state index in [0.29, 0.717) is 24.9 Å². The molecule has 0 spiro atoms. The summed E-state index contributed by atoms with van der Waals surface area (Å²) in [5.74, 6) is 0.218. The molecule has 0 saturated carbocycles. The minimum atomic E-state index is -3.29. The summed E-state index contributed by atoms with van der Waals surface area (Å²) in [4.78, 5) is 11.0. The first-order valence-corrected chi connectivity index (χ1v) is 8.49. The Morgan fingerprint density at radius 3 is 2.75 bits per heavy atom. The maximum atomic E-state index is 13.2. The third-order valence-corrected chi connectivity index (χ3v) is 5.74. The van der Waals surface area contributed by atoms with Crippen LogP contribution in [0.5, 0.6) is 0 Å². The van der Waals surface area contributed by atoms with Crippen molar-refractivity contribution in [2.45, 2.75) is 13.3 Å². The summed E-state index contributed by atoms with van der Waals surface area (Å²) in [5.41, 5.74) is 1.06. The molecule has 1 aliphatic rings. The van der Waals surface area contributed by atoms with Gasteiger partial charge >= 0.3 is 7.52 Å². The van der Waals surface area contributed by atoms with Crippen LogP contribution in [0, 0.1) is 11.8 Å². The van der Waals surface area contributed by atoms with E-state index in [1.807, 2.05) is 19.1 Å². The number of nitroso groups, excluding NO2 is 1. The van der Waals surface area contributed by atoms with E-state index in [1.165, 1.54) is 4.78 Å². The van der Waals surface area contributed by atoms with E-state index < -0.39 is 7.52 Å². The number of aryl methyl sites for hydroxylation is 1. The molecule has 110 valence electrons. The fourth-order valence-corrected chi connectivity index (χ4v) is 4.46. The molecule has 0 amide bonds. The SMILES string of the molecule is Cc1ccc(P2(=O)OCCCN2N(CCCl)N=O)cc1. The largest absolute Gasteiger partial charge is 0.321 e. The molecule has 1 aliphatic heterocycles. The van der Waals surface area contributed by atoms with E-state index in [0.717, 1.165) is 10.7 Å². The molecule has 6 nitrogen and oxygen atoms in total. The van der Waals surface area contributed by atoms with Gasteiger partial charge in [-0.3, -0.25) is 4.57 Å². The van der Waals surface area contributed by atoms with Gasteiger partial charge in [0.25, 0.3) is 0 Å². The van der Waals surface area contributed by atoms with Crippen LogP contribution in [-0.2, 0) is 9.09 Å². The molecule has 1 heterocycles. The van der Waals surface area contributed by atoms with Crippen molar-refractivity contribution in [1.82, 2.24) is 9.90 Å². The van der Waals surface area contributed by atoms with Crippen LogP contribution in [0.4, 0.5) is 0 Å². The van der Waals surface area contributed by atoms with Gasteiger partial charge in [0.2, 0.25) is 0 Å². The second-order valence-corrected chi connectivity index (χ2v) is 7.16. The number of rotatable bonds is 5. The number of nitrogens with zero attached hydrogens (tertiary/aromatic N) is 3. The predicted octanol–water partition coefficient (Wildman–Crippen LogP) is 2.67. The van der Waals surface area contributed by atoms with Gasteiger partial charge in [0.15, 0.2) is 0 Å². The van der Waals surface area contributed by atoms with Gasteiger partial charge in [0.1, 0.15) is 0 Å². The minimum Gasteiger partial charge on any atom is -0.313 e. The monoisotopic (exact) mass is 317 g/mol. The zero-order chi connectivity index (χ0) is 14.6. The minimum absolute atomic E-state index is 0.199. The van der Waals surface area contributed by atoms with Crippen LogP contribution in [0.2, 0.25) is 0 Å². The molecule has 0 aromatic heterocycles. The van der Waals surface area contributed by atoms with Crippen molar-refractivity contribution in [3.05, 3.63) is 34.7 Å². The van der Waals surface area contributed by atoms with Crippen molar-refractivity contribution in [3.63, 3.8) is 0 Å². The van der Waals surface area contributed by atoms with Crippen LogP contribution in [0.3, 0.4) is 0 Å². The topological polar surface area (TPSA) is 62.2 Å². The molecule has 0 radical (unpaired) electrons. The lowest BCUT2D eigenvalue weighted by Crippen LogP contribution is -2.43. The molecule has 0 N–H and O–H groups in total. The summed E-state index contributed by atoms with van der Waals surface area (Å²) in [6.07, 6.45) is 0.685. The summed E-state index contributed by atoms with van der Waals surface area (Å²) in [6, 6.07) is 7.26. The Bertz CT molecular complexity index is 511. The third kappa shape index (κ3) is 3.04. The summed E-state index contributed by atoms with van der Waals surface area (Å²) in [6.45, 7) is 3.00. The molecule has 2 rings (SSSR count).